The minimum absolute atomic E-state index is 0.00735. The first-order valence-corrected chi connectivity index (χ1v) is 5.47. The molecule has 0 radical (unpaired) electrons. The van der Waals surface area contributed by atoms with E-state index < -0.39 is 11.6 Å². The molecule has 0 aliphatic carbocycles. The van der Waals surface area contributed by atoms with Gasteiger partial charge in [-0.2, -0.15) is 4.98 Å². The highest BCUT2D eigenvalue weighted by atomic mass is 35.5. The van der Waals surface area contributed by atoms with Gasteiger partial charge in [-0.3, -0.25) is 0 Å². The largest absolute Gasteiger partial charge is 0.437 e. The molecule has 0 spiro atoms. The van der Waals surface area contributed by atoms with Crippen LogP contribution in [0.15, 0.2) is 24.3 Å². The fourth-order valence-corrected chi connectivity index (χ4v) is 1.63. The molecule has 0 atom stereocenters. The summed E-state index contributed by atoms with van der Waals surface area (Å²) in [6.07, 6.45) is 0. The van der Waals surface area contributed by atoms with Crippen molar-refractivity contribution in [2.75, 3.05) is 5.73 Å². The molecule has 2 rings (SSSR count). The summed E-state index contributed by atoms with van der Waals surface area (Å²) in [6, 6.07) is 4.03. The van der Waals surface area contributed by atoms with Gasteiger partial charge in [-0.1, -0.05) is 23.2 Å². The van der Waals surface area contributed by atoms with Crippen molar-refractivity contribution in [3.05, 3.63) is 45.9 Å². The first-order valence-electron chi connectivity index (χ1n) is 4.71. The predicted molar refractivity (Wildman–Crippen MR) is 65.1 cm³/mol. The van der Waals surface area contributed by atoms with Gasteiger partial charge >= 0.3 is 0 Å². The van der Waals surface area contributed by atoms with Gasteiger partial charge in [-0.05, 0) is 6.07 Å². The fraction of sp³-hybridized carbons (Fsp3) is 0. The molecule has 1 heterocycles. The molecule has 2 aromatic rings. The summed E-state index contributed by atoms with van der Waals surface area (Å²) in [7, 11) is 0. The van der Waals surface area contributed by atoms with Crippen LogP contribution in [-0.2, 0) is 0 Å². The van der Waals surface area contributed by atoms with Gasteiger partial charge < -0.3 is 10.5 Å². The Balaban J connectivity index is 2.36. The van der Waals surface area contributed by atoms with Crippen LogP contribution in [0.4, 0.5) is 14.6 Å². The average Bonchev–Trinajstić information content (AvgIpc) is 2.24. The summed E-state index contributed by atoms with van der Waals surface area (Å²) in [5, 5.41) is 0.247. The third kappa shape index (κ3) is 2.80. The number of halogens is 4. The molecule has 2 N–H and O–H groups in total. The number of benzene rings is 1. The lowest BCUT2D eigenvalue weighted by Gasteiger charge is -2.08. The van der Waals surface area contributed by atoms with E-state index in [9.17, 15) is 8.78 Å². The van der Waals surface area contributed by atoms with Gasteiger partial charge in [0.15, 0.2) is 0 Å². The normalized spacial score (nSPS) is 10.4. The molecule has 0 amide bonds. The van der Waals surface area contributed by atoms with Crippen molar-refractivity contribution in [3.63, 3.8) is 0 Å². The fourth-order valence-electron chi connectivity index (χ4n) is 1.23. The quantitative estimate of drug-likeness (QED) is 0.908. The van der Waals surface area contributed by atoms with Gasteiger partial charge in [-0.25, -0.2) is 8.78 Å². The maximum absolute atomic E-state index is 13.0. The van der Waals surface area contributed by atoms with Crippen molar-refractivity contribution in [1.29, 1.82) is 0 Å². The lowest BCUT2D eigenvalue weighted by Crippen LogP contribution is -1.96. The van der Waals surface area contributed by atoms with Crippen LogP contribution in [0, 0.1) is 11.6 Å². The van der Waals surface area contributed by atoms with Crippen molar-refractivity contribution >= 4 is 29.0 Å². The molecule has 3 nitrogen and oxygen atoms in total. The Labute approximate surface area is 111 Å². The SMILES string of the molecule is Nc1nc(Oc2cc(F)cc(F)c2)c(Cl)cc1Cl. The third-order valence-electron chi connectivity index (χ3n) is 1.98. The predicted octanol–water partition coefficient (Wildman–Crippen LogP) is 4.04. The number of ether oxygens (including phenoxy) is 1. The van der Waals surface area contributed by atoms with Gasteiger partial charge in [0.1, 0.15) is 28.2 Å². The van der Waals surface area contributed by atoms with Gasteiger partial charge in [0, 0.05) is 18.2 Å². The minimum Gasteiger partial charge on any atom is -0.437 e. The summed E-state index contributed by atoms with van der Waals surface area (Å²) in [5.74, 6) is -1.70. The number of rotatable bonds is 2. The number of pyridine rings is 1. The molecule has 0 saturated heterocycles. The molecular formula is C11H6Cl2F2N2O. The Kier molecular flexibility index (Phi) is 3.54. The van der Waals surface area contributed by atoms with Gasteiger partial charge in [0.05, 0.1) is 5.02 Å². The van der Waals surface area contributed by atoms with Gasteiger partial charge in [-0.15, -0.1) is 0 Å². The summed E-state index contributed by atoms with van der Waals surface area (Å²) in [5.41, 5.74) is 5.47. The molecule has 1 aromatic carbocycles. The maximum Gasteiger partial charge on any atom is 0.240 e. The van der Waals surface area contributed by atoms with E-state index in [1.165, 1.54) is 6.07 Å². The average molecular weight is 291 g/mol. The Bertz CT molecular complexity index is 588. The second kappa shape index (κ2) is 4.96. The van der Waals surface area contributed by atoms with Crippen LogP contribution < -0.4 is 10.5 Å². The standard InChI is InChI=1S/C11H6Cl2F2N2O/c12-8-4-9(13)11(17-10(8)16)18-7-2-5(14)1-6(15)3-7/h1-4H,(H2,16,17). The number of nitrogens with two attached hydrogens (primary N) is 1. The monoisotopic (exact) mass is 290 g/mol. The number of hydrogen-bond donors (Lipinski definition) is 1. The number of anilines is 1. The van der Waals surface area contributed by atoms with E-state index in [1.54, 1.807) is 0 Å². The van der Waals surface area contributed by atoms with Crippen LogP contribution in [0.5, 0.6) is 11.6 Å². The van der Waals surface area contributed by atoms with Crippen molar-refractivity contribution in [2.24, 2.45) is 0 Å². The van der Waals surface area contributed by atoms with Crippen LogP contribution in [0.25, 0.3) is 0 Å². The summed E-state index contributed by atoms with van der Waals surface area (Å²) in [4.78, 5) is 3.77. The van der Waals surface area contributed by atoms with E-state index in [4.69, 9.17) is 33.7 Å². The summed E-state index contributed by atoms with van der Waals surface area (Å²) in [6.45, 7) is 0. The number of nitrogen functional groups attached to an aromatic ring is 1. The molecule has 0 bridgehead atoms. The van der Waals surface area contributed by atoms with E-state index >= 15 is 0 Å². The topological polar surface area (TPSA) is 48.1 Å². The first-order chi connectivity index (χ1) is 8.45. The zero-order valence-electron chi connectivity index (χ0n) is 8.75. The van der Waals surface area contributed by atoms with E-state index in [-0.39, 0.29) is 27.5 Å². The van der Waals surface area contributed by atoms with Crippen LogP contribution >= 0.6 is 23.2 Å². The molecule has 0 unspecified atom stereocenters. The Morgan fingerprint density at radius 1 is 1.00 bits per heavy atom. The zero-order chi connectivity index (χ0) is 13.3. The van der Waals surface area contributed by atoms with Crippen molar-refractivity contribution < 1.29 is 13.5 Å². The van der Waals surface area contributed by atoms with E-state index in [1.807, 2.05) is 0 Å². The lowest BCUT2D eigenvalue weighted by molar-refractivity contribution is 0.452. The minimum atomic E-state index is -0.775. The zero-order valence-corrected chi connectivity index (χ0v) is 10.3. The number of nitrogens with zero attached hydrogens (tertiary/aromatic N) is 1. The molecule has 0 saturated carbocycles. The summed E-state index contributed by atoms with van der Waals surface area (Å²) >= 11 is 11.5. The van der Waals surface area contributed by atoms with Crippen molar-refractivity contribution in [1.82, 2.24) is 4.98 Å². The highest BCUT2D eigenvalue weighted by Crippen LogP contribution is 2.32. The Hall–Kier alpha value is -1.59. The number of aromatic nitrogens is 1. The second-order valence-electron chi connectivity index (χ2n) is 3.35. The highest BCUT2D eigenvalue weighted by Gasteiger charge is 2.10. The molecule has 1 aromatic heterocycles. The lowest BCUT2D eigenvalue weighted by atomic mass is 10.3. The second-order valence-corrected chi connectivity index (χ2v) is 4.16. The molecule has 7 heteroatoms. The van der Waals surface area contributed by atoms with Crippen molar-refractivity contribution in [3.8, 4) is 11.6 Å². The maximum atomic E-state index is 13.0. The van der Waals surface area contributed by atoms with Crippen LogP contribution in [0.3, 0.4) is 0 Å². The molecule has 18 heavy (non-hydrogen) atoms. The number of hydrogen-bond acceptors (Lipinski definition) is 3. The highest BCUT2D eigenvalue weighted by molar-refractivity contribution is 6.36. The van der Waals surface area contributed by atoms with Crippen LogP contribution in [0.2, 0.25) is 10.0 Å². The van der Waals surface area contributed by atoms with Gasteiger partial charge in [0.2, 0.25) is 5.88 Å². The Morgan fingerprint density at radius 3 is 2.22 bits per heavy atom. The third-order valence-corrected chi connectivity index (χ3v) is 2.55. The van der Waals surface area contributed by atoms with Gasteiger partial charge in [0.25, 0.3) is 0 Å². The summed E-state index contributed by atoms with van der Waals surface area (Å²) < 4.78 is 31.1. The van der Waals surface area contributed by atoms with Crippen LogP contribution in [-0.4, -0.2) is 4.98 Å². The van der Waals surface area contributed by atoms with E-state index in [2.05, 4.69) is 4.98 Å². The van der Waals surface area contributed by atoms with E-state index in [0.29, 0.717) is 0 Å². The molecule has 94 valence electrons. The van der Waals surface area contributed by atoms with E-state index in [0.717, 1.165) is 18.2 Å². The molecule has 0 aliphatic heterocycles. The molecule has 0 aliphatic rings. The smallest absolute Gasteiger partial charge is 0.240 e. The molecular weight excluding hydrogens is 285 g/mol. The molecule has 0 fully saturated rings. The first kappa shape index (κ1) is 12.9. The van der Waals surface area contributed by atoms with Crippen LogP contribution in [0.1, 0.15) is 0 Å². The Morgan fingerprint density at radius 2 is 1.61 bits per heavy atom. The van der Waals surface area contributed by atoms with Crippen molar-refractivity contribution in [2.45, 2.75) is 0 Å².